The average Bonchev–Trinajstić information content (AvgIpc) is 2.76. The number of nitrogens with one attached hydrogen (secondary N) is 1. The Kier molecular flexibility index (Phi) is 4.35. The van der Waals surface area contributed by atoms with Crippen molar-refractivity contribution >= 4 is 0 Å². The lowest BCUT2D eigenvalue weighted by molar-refractivity contribution is 0.508. The van der Waals surface area contributed by atoms with Gasteiger partial charge < -0.3 is 5.32 Å². The van der Waals surface area contributed by atoms with Crippen molar-refractivity contribution in [1.82, 2.24) is 30.5 Å². The molecule has 1 atom stereocenters. The first kappa shape index (κ1) is 12.6. The fraction of sp³-hybridized carbons (Fsp3) is 0.500. The van der Waals surface area contributed by atoms with Crippen LogP contribution in [0, 0.1) is 0 Å². The van der Waals surface area contributed by atoms with E-state index in [1.165, 1.54) is 10.4 Å². The molecule has 6 nitrogen and oxygen atoms in total. The van der Waals surface area contributed by atoms with Crippen molar-refractivity contribution in [1.29, 1.82) is 0 Å². The zero-order valence-corrected chi connectivity index (χ0v) is 10.7. The van der Waals surface area contributed by atoms with Crippen LogP contribution in [0.2, 0.25) is 0 Å². The molecule has 0 radical (unpaired) electrons. The Labute approximate surface area is 106 Å². The maximum absolute atomic E-state index is 4.21. The Bertz CT molecular complexity index is 466. The minimum Gasteiger partial charge on any atom is -0.313 e. The van der Waals surface area contributed by atoms with Crippen LogP contribution >= 0.6 is 0 Å². The van der Waals surface area contributed by atoms with Gasteiger partial charge in [-0.15, -0.1) is 10.2 Å². The minimum atomic E-state index is 0.309. The Morgan fingerprint density at radius 1 is 1.39 bits per heavy atom. The highest BCUT2D eigenvalue weighted by Gasteiger charge is 2.12. The predicted molar refractivity (Wildman–Crippen MR) is 67.9 cm³/mol. The van der Waals surface area contributed by atoms with Crippen molar-refractivity contribution in [2.75, 3.05) is 6.54 Å². The number of hydrogen-bond acceptors (Lipinski definition) is 5. The van der Waals surface area contributed by atoms with E-state index < -0.39 is 0 Å². The van der Waals surface area contributed by atoms with Crippen LogP contribution in [0.15, 0.2) is 24.5 Å². The van der Waals surface area contributed by atoms with Gasteiger partial charge in [-0.1, -0.05) is 13.0 Å². The minimum absolute atomic E-state index is 0.309. The molecule has 0 aliphatic rings. The van der Waals surface area contributed by atoms with Crippen LogP contribution in [0.4, 0.5) is 0 Å². The van der Waals surface area contributed by atoms with Crippen LogP contribution in [-0.2, 0) is 19.9 Å². The van der Waals surface area contributed by atoms with E-state index in [4.69, 9.17) is 0 Å². The van der Waals surface area contributed by atoms with E-state index in [9.17, 15) is 0 Å². The molecule has 6 heteroatoms. The molecule has 0 fully saturated rings. The molecule has 1 unspecified atom stereocenters. The van der Waals surface area contributed by atoms with Gasteiger partial charge in [0, 0.05) is 24.9 Å². The lowest BCUT2D eigenvalue weighted by Gasteiger charge is -2.15. The van der Waals surface area contributed by atoms with E-state index >= 15 is 0 Å². The van der Waals surface area contributed by atoms with Gasteiger partial charge in [0.1, 0.15) is 0 Å². The number of tetrazole rings is 1. The van der Waals surface area contributed by atoms with E-state index in [2.05, 4.69) is 38.7 Å². The fourth-order valence-electron chi connectivity index (χ4n) is 1.93. The molecule has 0 bridgehead atoms. The monoisotopic (exact) mass is 246 g/mol. The number of pyridine rings is 1. The molecule has 18 heavy (non-hydrogen) atoms. The van der Waals surface area contributed by atoms with Crippen molar-refractivity contribution in [2.24, 2.45) is 7.05 Å². The highest BCUT2D eigenvalue weighted by molar-refractivity contribution is 5.10. The normalized spacial score (nSPS) is 12.6. The standard InChI is InChI=1S/C12H18N6/c1-3-14-11(7-10-5-4-6-13-9-10)8-12-15-17-18(2)16-12/h4-6,9,11,14H,3,7-8H2,1-2H3. The summed E-state index contributed by atoms with van der Waals surface area (Å²) in [7, 11) is 1.78. The molecule has 0 aromatic carbocycles. The van der Waals surface area contributed by atoms with Crippen molar-refractivity contribution < 1.29 is 0 Å². The molecule has 0 spiro atoms. The first-order valence-corrected chi connectivity index (χ1v) is 6.13. The third-order valence-electron chi connectivity index (χ3n) is 2.68. The zero-order chi connectivity index (χ0) is 12.8. The summed E-state index contributed by atoms with van der Waals surface area (Å²) < 4.78 is 0. The van der Waals surface area contributed by atoms with Crippen LogP contribution in [0.3, 0.4) is 0 Å². The molecule has 2 aromatic heterocycles. The topological polar surface area (TPSA) is 68.5 Å². The second-order valence-electron chi connectivity index (χ2n) is 4.22. The summed E-state index contributed by atoms with van der Waals surface area (Å²) in [5.41, 5.74) is 1.22. The second-order valence-corrected chi connectivity index (χ2v) is 4.22. The molecule has 96 valence electrons. The van der Waals surface area contributed by atoms with E-state index in [-0.39, 0.29) is 0 Å². The predicted octanol–water partition coefficient (Wildman–Crippen LogP) is 0.368. The molecule has 0 amide bonds. The van der Waals surface area contributed by atoms with E-state index in [0.29, 0.717) is 6.04 Å². The van der Waals surface area contributed by atoms with Gasteiger partial charge in [-0.05, 0) is 29.8 Å². The summed E-state index contributed by atoms with van der Waals surface area (Å²) in [4.78, 5) is 5.62. The van der Waals surface area contributed by atoms with Gasteiger partial charge in [0.15, 0.2) is 5.82 Å². The number of aryl methyl sites for hydroxylation is 1. The summed E-state index contributed by atoms with van der Waals surface area (Å²) in [6.07, 6.45) is 5.38. The van der Waals surface area contributed by atoms with Crippen LogP contribution in [0.25, 0.3) is 0 Å². The van der Waals surface area contributed by atoms with Crippen molar-refractivity contribution in [3.8, 4) is 0 Å². The molecular formula is C12H18N6. The van der Waals surface area contributed by atoms with Gasteiger partial charge in [-0.3, -0.25) is 4.98 Å². The molecule has 0 saturated heterocycles. The van der Waals surface area contributed by atoms with Crippen molar-refractivity contribution in [3.05, 3.63) is 35.9 Å². The van der Waals surface area contributed by atoms with Gasteiger partial charge in [0.2, 0.25) is 0 Å². The van der Waals surface area contributed by atoms with Gasteiger partial charge >= 0.3 is 0 Å². The molecule has 2 aromatic rings. The van der Waals surface area contributed by atoms with Crippen molar-refractivity contribution in [3.63, 3.8) is 0 Å². The summed E-state index contributed by atoms with van der Waals surface area (Å²) in [5, 5.41) is 15.5. The maximum atomic E-state index is 4.21. The molecular weight excluding hydrogens is 228 g/mol. The molecule has 2 heterocycles. The summed E-state index contributed by atoms with van der Waals surface area (Å²) in [6, 6.07) is 4.35. The largest absolute Gasteiger partial charge is 0.313 e. The Morgan fingerprint density at radius 2 is 2.28 bits per heavy atom. The van der Waals surface area contributed by atoms with Crippen LogP contribution < -0.4 is 5.32 Å². The third kappa shape index (κ3) is 3.59. The number of rotatable bonds is 6. The third-order valence-corrected chi connectivity index (χ3v) is 2.68. The van der Waals surface area contributed by atoms with Gasteiger partial charge in [0.05, 0.1) is 7.05 Å². The molecule has 2 rings (SSSR count). The second kappa shape index (κ2) is 6.20. The Balaban J connectivity index is 1.99. The number of hydrogen-bond donors (Lipinski definition) is 1. The summed E-state index contributed by atoms with van der Waals surface area (Å²) in [6.45, 7) is 3.02. The number of nitrogens with zero attached hydrogens (tertiary/aromatic N) is 5. The SMILES string of the molecule is CCNC(Cc1cccnc1)Cc1nnn(C)n1. The van der Waals surface area contributed by atoms with Crippen LogP contribution in [-0.4, -0.2) is 37.8 Å². The van der Waals surface area contributed by atoms with E-state index in [1.807, 2.05) is 12.3 Å². The van der Waals surface area contributed by atoms with Gasteiger partial charge in [-0.25, -0.2) is 0 Å². The van der Waals surface area contributed by atoms with E-state index in [1.54, 1.807) is 13.2 Å². The van der Waals surface area contributed by atoms with Crippen molar-refractivity contribution in [2.45, 2.75) is 25.8 Å². The zero-order valence-electron chi connectivity index (χ0n) is 10.7. The van der Waals surface area contributed by atoms with E-state index in [0.717, 1.165) is 25.2 Å². The molecule has 1 N–H and O–H groups in total. The van der Waals surface area contributed by atoms with Crippen LogP contribution in [0.1, 0.15) is 18.3 Å². The first-order chi connectivity index (χ1) is 8.78. The lowest BCUT2D eigenvalue weighted by Crippen LogP contribution is -2.33. The summed E-state index contributed by atoms with van der Waals surface area (Å²) in [5.74, 6) is 0.771. The van der Waals surface area contributed by atoms with Gasteiger partial charge in [-0.2, -0.15) is 4.80 Å². The highest BCUT2D eigenvalue weighted by Crippen LogP contribution is 2.05. The molecule has 0 saturated carbocycles. The Hall–Kier alpha value is -1.82. The molecule has 0 aliphatic carbocycles. The maximum Gasteiger partial charge on any atom is 0.176 e. The average molecular weight is 246 g/mol. The number of likely N-dealkylation sites (N-methyl/N-ethyl adjacent to an activating group) is 1. The lowest BCUT2D eigenvalue weighted by atomic mass is 10.0. The highest BCUT2D eigenvalue weighted by atomic mass is 15.6. The quantitative estimate of drug-likeness (QED) is 0.797. The summed E-state index contributed by atoms with van der Waals surface area (Å²) >= 11 is 0. The fourth-order valence-corrected chi connectivity index (χ4v) is 1.93. The first-order valence-electron chi connectivity index (χ1n) is 6.13. The smallest absolute Gasteiger partial charge is 0.176 e. The number of aromatic nitrogens is 5. The van der Waals surface area contributed by atoms with Gasteiger partial charge in [0.25, 0.3) is 0 Å². The Morgan fingerprint density at radius 3 is 2.89 bits per heavy atom. The molecule has 0 aliphatic heterocycles. The van der Waals surface area contributed by atoms with Crippen LogP contribution in [0.5, 0.6) is 0 Å².